The SMILES string of the molecule is COc1ccc(-c2nc(NC(=O)CC(C)c3ccc(C(F)(F)F)cc3)n[nH]2)c(OC)c1. The van der Waals surface area contributed by atoms with E-state index in [9.17, 15) is 18.0 Å². The topological polar surface area (TPSA) is 89.1 Å². The van der Waals surface area contributed by atoms with E-state index in [4.69, 9.17) is 9.47 Å². The first-order chi connectivity index (χ1) is 14.7. The van der Waals surface area contributed by atoms with Crippen molar-refractivity contribution in [3.05, 3.63) is 53.6 Å². The van der Waals surface area contributed by atoms with Gasteiger partial charge in [-0.25, -0.2) is 0 Å². The summed E-state index contributed by atoms with van der Waals surface area (Å²) in [7, 11) is 3.06. The highest BCUT2D eigenvalue weighted by atomic mass is 19.4. The number of methoxy groups -OCH3 is 2. The van der Waals surface area contributed by atoms with Crippen molar-refractivity contribution in [3.8, 4) is 22.9 Å². The number of hydrogen-bond donors (Lipinski definition) is 2. The maximum atomic E-state index is 12.7. The fourth-order valence-corrected chi connectivity index (χ4v) is 3.00. The number of ether oxygens (including phenoxy) is 2. The van der Waals surface area contributed by atoms with Crippen molar-refractivity contribution >= 4 is 11.9 Å². The molecular weight excluding hydrogens is 413 g/mol. The molecule has 31 heavy (non-hydrogen) atoms. The number of amides is 1. The van der Waals surface area contributed by atoms with Gasteiger partial charge in [0.1, 0.15) is 11.5 Å². The summed E-state index contributed by atoms with van der Waals surface area (Å²) in [6, 6.07) is 9.95. The summed E-state index contributed by atoms with van der Waals surface area (Å²) in [5.74, 6) is 0.959. The number of nitrogens with zero attached hydrogens (tertiary/aromatic N) is 2. The average Bonchev–Trinajstić information content (AvgIpc) is 3.20. The van der Waals surface area contributed by atoms with Gasteiger partial charge < -0.3 is 9.47 Å². The van der Waals surface area contributed by atoms with Crippen molar-refractivity contribution in [2.75, 3.05) is 19.5 Å². The third kappa shape index (κ3) is 5.33. The molecule has 2 N–H and O–H groups in total. The molecule has 0 bridgehead atoms. The van der Waals surface area contributed by atoms with E-state index in [1.807, 2.05) is 0 Å². The Morgan fingerprint density at radius 3 is 2.45 bits per heavy atom. The highest BCUT2D eigenvalue weighted by Crippen LogP contribution is 2.32. The second kappa shape index (κ2) is 9.07. The number of halogens is 3. The summed E-state index contributed by atoms with van der Waals surface area (Å²) < 4.78 is 48.6. The molecule has 0 saturated heterocycles. The number of alkyl halides is 3. The first kappa shape index (κ1) is 22.1. The van der Waals surface area contributed by atoms with E-state index in [0.717, 1.165) is 12.1 Å². The van der Waals surface area contributed by atoms with Crippen molar-refractivity contribution < 1.29 is 27.4 Å². The van der Waals surface area contributed by atoms with Crippen molar-refractivity contribution in [2.24, 2.45) is 0 Å². The van der Waals surface area contributed by atoms with E-state index in [1.54, 1.807) is 32.2 Å². The molecule has 2 aromatic carbocycles. The Morgan fingerprint density at radius 1 is 1.13 bits per heavy atom. The number of rotatable bonds is 7. The molecule has 0 aliphatic heterocycles. The molecule has 3 rings (SSSR count). The molecule has 0 aliphatic rings. The van der Waals surface area contributed by atoms with Crippen molar-refractivity contribution in [2.45, 2.75) is 25.4 Å². The summed E-state index contributed by atoms with van der Waals surface area (Å²) in [6.07, 6.45) is -4.34. The third-order valence-electron chi connectivity index (χ3n) is 4.70. The minimum absolute atomic E-state index is 0.0566. The minimum Gasteiger partial charge on any atom is -0.497 e. The summed E-state index contributed by atoms with van der Waals surface area (Å²) in [4.78, 5) is 16.6. The van der Waals surface area contributed by atoms with Crippen molar-refractivity contribution in [3.63, 3.8) is 0 Å². The van der Waals surface area contributed by atoms with Crippen molar-refractivity contribution in [1.29, 1.82) is 0 Å². The van der Waals surface area contributed by atoms with E-state index in [0.29, 0.717) is 28.5 Å². The average molecular weight is 434 g/mol. The van der Waals surface area contributed by atoms with Crippen LogP contribution in [0.1, 0.15) is 30.4 Å². The molecular formula is C21H21F3N4O3. The van der Waals surface area contributed by atoms with Gasteiger partial charge in [-0.05, 0) is 35.7 Å². The van der Waals surface area contributed by atoms with Crippen LogP contribution >= 0.6 is 0 Å². The summed E-state index contributed by atoms with van der Waals surface area (Å²) >= 11 is 0. The molecule has 0 radical (unpaired) electrons. The van der Waals surface area contributed by atoms with Crippen molar-refractivity contribution in [1.82, 2.24) is 15.2 Å². The van der Waals surface area contributed by atoms with E-state index in [1.165, 1.54) is 19.2 Å². The van der Waals surface area contributed by atoms with E-state index in [-0.39, 0.29) is 24.2 Å². The van der Waals surface area contributed by atoms with E-state index >= 15 is 0 Å². The van der Waals surface area contributed by atoms with Gasteiger partial charge in [0.2, 0.25) is 11.9 Å². The van der Waals surface area contributed by atoms with Gasteiger partial charge in [0.05, 0.1) is 25.3 Å². The lowest BCUT2D eigenvalue weighted by Crippen LogP contribution is -2.15. The Hall–Kier alpha value is -3.56. The van der Waals surface area contributed by atoms with Crippen LogP contribution in [-0.4, -0.2) is 35.3 Å². The molecule has 0 saturated carbocycles. The Labute approximate surface area is 176 Å². The monoisotopic (exact) mass is 434 g/mol. The predicted octanol–water partition coefficient (Wildman–Crippen LogP) is 4.64. The molecule has 1 atom stereocenters. The quantitative estimate of drug-likeness (QED) is 0.566. The number of carbonyl (C=O) groups excluding carboxylic acids is 1. The lowest BCUT2D eigenvalue weighted by molar-refractivity contribution is -0.137. The van der Waals surface area contributed by atoms with Gasteiger partial charge >= 0.3 is 6.18 Å². The summed E-state index contributed by atoms with van der Waals surface area (Å²) in [6.45, 7) is 1.76. The Kier molecular flexibility index (Phi) is 6.47. The molecule has 10 heteroatoms. The minimum atomic E-state index is -4.39. The van der Waals surface area contributed by atoms with Gasteiger partial charge in [-0.3, -0.25) is 15.2 Å². The van der Waals surface area contributed by atoms with E-state index in [2.05, 4.69) is 20.5 Å². The molecule has 1 amide bonds. The molecule has 0 spiro atoms. The van der Waals surface area contributed by atoms with Crippen LogP contribution in [-0.2, 0) is 11.0 Å². The fraction of sp³-hybridized carbons (Fsp3) is 0.286. The van der Waals surface area contributed by atoms with Gasteiger partial charge in [0.25, 0.3) is 0 Å². The number of carbonyl (C=O) groups is 1. The summed E-state index contributed by atoms with van der Waals surface area (Å²) in [5, 5.41) is 9.32. The first-order valence-electron chi connectivity index (χ1n) is 9.33. The lowest BCUT2D eigenvalue weighted by atomic mass is 9.96. The third-order valence-corrected chi connectivity index (χ3v) is 4.70. The largest absolute Gasteiger partial charge is 0.497 e. The normalized spacial score (nSPS) is 12.3. The molecule has 164 valence electrons. The number of aromatic amines is 1. The number of hydrogen-bond acceptors (Lipinski definition) is 5. The van der Waals surface area contributed by atoms with Crippen LogP contribution in [0.5, 0.6) is 11.5 Å². The Balaban J connectivity index is 1.65. The lowest BCUT2D eigenvalue weighted by Gasteiger charge is -2.13. The fourth-order valence-electron chi connectivity index (χ4n) is 3.00. The van der Waals surface area contributed by atoms with Crippen LogP contribution in [0, 0.1) is 0 Å². The summed E-state index contributed by atoms with van der Waals surface area (Å²) in [5.41, 5.74) is 0.534. The molecule has 1 unspecified atom stereocenters. The zero-order valence-electron chi connectivity index (χ0n) is 17.1. The number of aromatic nitrogens is 3. The second-order valence-corrected chi connectivity index (χ2v) is 6.85. The van der Waals surface area contributed by atoms with Gasteiger partial charge in [-0.1, -0.05) is 19.1 Å². The number of anilines is 1. The molecule has 7 nitrogen and oxygen atoms in total. The molecule has 0 fully saturated rings. The standard InChI is InChI=1S/C21H21F3N4O3/c1-12(13-4-6-14(7-5-13)21(22,23)24)10-18(29)25-20-26-19(27-28-20)16-9-8-15(30-2)11-17(16)31-3/h4-9,11-12H,10H2,1-3H3,(H2,25,26,27,28,29). The maximum Gasteiger partial charge on any atom is 0.416 e. The zero-order valence-corrected chi connectivity index (χ0v) is 17.1. The highest BCUT2D eigenvalue weighted by Gasteiger charge is 2.30. The van der Waals surface area contributed by atoms with Crippen LogP contribution in [0.25, 0.3) is 11.4 Å². The Morgan fingerprint density at radius 2 is 1.84 bits per heavy atom. The van der Waals surface area contributed by atoms with Crippen LogP contribution in [0.4, 0.5) is 19.1 Å². The highest BCUT2D eigenvalue weighted by molar-refractivity contribution is 5.89. The van der Waals surface area contributed by atoms with Gasteiger partial charge in [0.15, 0.2) is 5.82 Å². The smallest absolute Gasteiger partial charge is 0.416 e. The van der Waals surface area contributed by atoms with Gasteiger partial charge in [-0.2, -0.15) is 18.2 Å². The zero-order chi connectivity index (χ0) is 22.6. The van der Waals surface area contributed by atoms with Crippen LogP contribution in [0.15, 0.2) is 42.5 Å². The molecule has 3 aromatic rings. The second-order valence-electron chi connectivity index (χ2n) is 6.85. The predicted molar refractivity (Wildman–Crippen MR) is 108 cm³/mol. The van der Waals surface area contributed by atoms with E-state index < -0.39 is 11.7 Å². The van der Waals surface area contributed by atoms with Gasteiger partial charge in [0, 0.05) is 12.5 Å². The number of H-pyrrole nitrogens is 1. The maximum absolute atomic E-state index is 12.7. The van der Waals surface area contributed by atoms with Crippen LogP contribution < -0.4 is 14.8 Å². The molecule has 1 aromatic heterocycles. The first-order valence-corrected chi connectivity index (χ1v) is 9.33. The van der Waals surface area contributed by atoms with Gasteiger partial charge in [-0.15, -0.1) is 5.10 Å². The Bertz CT molecular complexity index is 1050. The molecule has 0 aliphatic carbocycles. The van der Waals surface area contributed by atoms with Crippen LogP contribution in [0.2, 0.25) is 0 Å². The molecule has 1 heterocycles. The number of benzene rings is 2. The number of nitrogens with one attached hydrogen (secondary N) is 2. The van der Waals surface area contributed by atoms with Crippen LogP contribution in [0.3, 0.4) is 0 Å².